The van der Waals surface area contributed by atoms with Gasteiger partial charge in [-0.05, 0) is 57.4 Å². The van der Waals surface area contributed by atoms with Crippen LogP contribution in [0.25, 0.3) is 0 Å². The third-order valence-corrected chi connectivity index (χ3v) is 4.21. The number of nitrogens with zero attached hydrogens (tertiary/aromatic N) is 2. The monoisotopic (exact) mass is 342 g/mol. The molecule has 134 valence electrons. The quantitative estimate of drug-likeness (QED) is 0.872. The smallest absolute Gasteiger partial charge is 0.319 e. The van der Waals surface area contributed by atoms with Gasteiger partial charge in [-0.25, -0.2) is 9.78 Å². The van der Waals surface area contributed by atoms with E-state index in [0.29, 0.717) is 6.54 Å². The van der Waals surface area contributed by atoms with Gasteiger partial charge in [0.25, 0.3) is 0 Å². The molecule has 0 unspecified atom stereocenters. The summed E-state index contributed by atoms with van der Waals surface area (Å²) in [4.78, 5) is 16.7. The Labute approximate surface area is 148 Å². The van der Waals surface area contributed by atoms with E-state index in [4.69, 9.17) is 4.74 Å². The predicted octanol–water partition coefficient (Wildman–Crippen LogP) is 3.64. The van der Waals surface area contributed by atoms with Gasteiger partial charge in [0, 0.05) is 24.8 Å². The van der Waals surface area contributed by atoms with Crippen molar-refractivity contribution in [2.45, 2.75) is 59.2 Å². The number of carbonyl (C=O) groups is 1. The van der Waals surface area contributed by atoms with Crippen LogP contribution in [0.3, 0.4) is 0 Å². The van der Waals surface area contributed by atoms with Crippen molar-refractivity contribution in [2.75, 3.05) is 5.32 Å². The zero-order valence-corrected chi connectivity index (χ0v) is 15.1. The van der Waals surface area contributed by atoms with Crippen molar-refractivity contribution < 1.29 is 9.53 Å². The first kappa shape index (κ1) is 17.3. The molecule has 0 spiro atoms. The summed E-state index contributed by atoms with van der Waals surface area (Å²) in [5.41, 5.74) is 2.65. The summed E-state index contributed by atoms with van der Waals surface area (Å²) in [6.45, 7) is 7.38. The van der Waals surface area contributed by atoms with Crippen molar-refractivity contribution in [3.63, 3.8) is 0 Å². The Morgan fingerprint density at radius 3 is 2.92 bits per heavy atom. The zero-order valence-electron chi connectivity index (χ0n) is 15.1. The first-order chi connectivity index (χ1) is 12.0. The number of aromatic nitrogens is 2. The van der Waals surface area contributed by atoms with E-state index >= 15 is 0 Å². The minimum Gasteiger partial charge on any atom is -0.491 e. The van der Waals surface area contributed by atoms with Gasteiger partial charge in [-0.1, -0.05) is 0 Å². The van der Waals surface area contributed by atoms with Gasteiger partial charge in [-0.15, -0.1) is 0 Å². The van der Waals surface area contributed by atoms with Crippen molar-refractivity contribution in [2.24, 2.45) is 0 Å². The normalized spacial score (nSPS) is 13.4. The summed E-state index contributed by atoms with van der Waals surface area (Å²) in [7, 11) is 0. The van der Waals surface area contributed by atoms with E-state index < -0.39 is 0 Å². The Morgan fingerprint density at radius 2 is 2.20 bits per heavy atom. The van der Waals surface area contributed by atoms with E-state index in [-0.39, 0.29) is 12.1 Å². The van der Waals surface area contributed by atoms with Crippen LogP contribution >= 0.6 is 0 Å². The minimum atomic E-state index is -0.230. The van der Waals surface area contributed by atoms with Crippen LogP contribution in [0.5, 0.6) is 5.75 Å². The maximum atomic E-state index is 12.2. The average Bonchev–Trinajstić information content (AvgIpc) is 2.98. The van der Waals surface area contributed by atoms with Crippen LogP contribution in [-0.4, -0.2) is 21.7 Å². The molecule has 0 saturated carbocycles. The number of ether oxygens (including phenoxy) is 1. The number of benzene rings is 1. The molecule has 1 aliphatic heterocycles. The lowest BCUT2D eigenvalue weighted by atomic mass is 10.2. The van der Waals surface area contributed by atoms with Crippen LogP contribution in [0.15, 0.2) is 24.4 Å². The highest BCUT2D eigenvalue weighted by atomic mass is 16.5. The fourth-order valence-corrected chi connectivity index (χ4v) is 3.02. The second-order valence-corrected chi connectivity index (χ2v) is 6.75. The molecule has 0 saturated heterocycles. The Balaban J connectivity index is 1.54. The number of urea groups is 1. The Hall–Kier alpha value is -2.50. The lowest BCUT2D eigenvalue weighted by Gasteiger charge is -2.13. The summed E-state index contributed by atoms with van der Waals surface area (Å²) in [6, 6.07) is 5.43. The topological polar surface area (TPSA) is 68.2 Å². The van der Waals surface area contributed by atoms with E-state index in [1.54, 1.807) is 0 Å². The van der Waals surface area contributed by atoms with E-state index in [9.17, 15) is 4.79 Å². The number of imidazole rings is 1. The van der Waals surface area contributed by atoms with Gasteiger partial charge in [-0.2, -0.15) is 0 Å². The summed E-state index contributed by atoms with van der Waals surface area (Å²) in [5, 5.41) is 5.76. The van der Waals surface area contributed by atoms with E-state index in [1.807, 2.05) is 45.2 Å². The number of rotatable bonds is 5. The molecule has 2 aromatic rings. The highest BCUT2D eigenvalue weighted by Gasteiger charge is 2.13. The van der Waals surface area contributed by atoms with Gasteiger partial charge in [0.2, 0.25) is 0 Å². The van der Waals surface area contributed by atoms with Crippen LogP contribution in [0, 0.1) is 6.92 Å². The zero-order chi connectivity index (χ0) is 17.8. The molecule has 2 heterocycles. The van der Waals surface area contributed by atoms with Gasteiger partial charge in [0.05, 0.1) is 18.3 Å². The van der Waals surface area contributed by atoms with Gasteiger partial charge in [0.15, 0.2) is 0 Å². The molecular formula is C19H26N4O2. The van der Waals surface area contributed by atoms with Crippen LogP contribution in [0.4, 0.5) is 10.5 Å². The lowest BCUT2D eigenvalue weighted by molar-refractivity contribution is 0.242. The second kappa shape index (κ2) is 7.59. The van der Waals surface area contributed by atoms with Crippen LogP contribution < -0.4 is 15.4 Å². The summed E-state index contributed by atoms with van der Waals surface area (Å²) >= 11 is 0. The summed E-state index contributed by atoms with van der Waals surface area (Å²) < 4.78 is 7.85. The van der Waals surface area contributed by atoms with Crippen molar-refractivity contribution in [3.8, 4) is 5.75 Å². The number of nitrogens with one attached hydrogen (secondary N) is 2. The average molecular weight is 342 g/mol. The van der Waals surface area contributed by atoms with Gasteiger partial charge >= 0.3 is 6.03 Å². The third kappa shape index (κ3) is 4.53. The molecular weight excluding hydrogens is 316 g/mol. The van der Waals surface area contributed by atoms with Gasteiger partial charge in [-0.3, -0.25) is 0 Å². The number of anilines is 1. The molecule has 2 N–H and O–H groups in total. The number of hydrogen-bond acceptors (Lipinski definition) is 3. The van der Waals surface area contributed by atoms with Crippen LogP contribution in [0.1, 0.15) is 43.8 Å². The Bertz CT molecular complexity index is 728. The SMILES string of the molecule is Cc1cc(OC(C)C)ccc1NC(=O)NCc1cn2c(n1)CCCC2. The highest BCUT2D eigenvalue weighted by Crippen LogP contribution is 2.22. The molecule has 1 aromatic heterocycles. The van der Waals surface area contributed by atoms with E-state index in [1.165, 1.54) is 12.8 Å². The molecule has 0 fully saturated rings. The Kier molecular flexibility index (Phi) is 5.26. The second-order valence-electron chi connectivity index (χ2n) is 6.75. The number of fused-ring (bicyclic) bond motifs is 1. The molecule has 0 radical (unpaired) electrons. The third-order valence-electron chi connectivity index (χ3n) is 4.21. The predicted molar refractivity (Wildman–Crippen MR) is 98.0 cm³/mol. The van der Waals surface area contributed by atoms with Gasteiger partial charge < -0.3 is 19.9 Å². The standard InChI is InChI=1S/C19H26N4O2/c1-13(2)25-16-7-8-17(14(3)10-16)22-19(24)20-11-15-12-23-9-5-4-6-18(23)21-15/h7-8,10,12-13H,4-6,9,11H2,1-3H3,(H2,20,22,24). The fourth-order valence-electron chi connectivity index (χ4n) is 3.02. The number of aryl methyl sites for hydroxylation is 3. The number of amides is 2. The molecule has 0 bridgehead atoms. The van der Waals surface area contributed by atoms with Gasteiger partial charge in [0.1, 0.15) is 11.6 Å². The van der Waals surface area contributed by atoms with Crippen molar-refractivity contribution in [3.05, 3.63) is 41.5 Å². The lowest BCUT2D eigenvalue weighted by Crippen LogP contribution is -2.28. The molecule has 3 rings (SSSR count). The van der Waals surface area contributed by atoms with Crippen molar-refractivity contribution in [1.29, 1.82) is 0 Å². The molecule has 6 nitrogen and oxygen atoms in total. The van der Waals surface area contributed by atoms with Crippen molar-refractivity contribution in [1.82, 2.24) is 14.9 Å². The largest absolute Gasteiger partial charge is 0.491 e. The number of hydrogen-bond donors (Lipinski definition) is 2. The molecule has 0 atom stereocenters. The molecule has 1 aliphatic rings. The maximum Gasteiger partial charge on any atom is 0.319 e. The number of carbonyl (C=O) groups excluding carboxylic acids is 1. The summed E-state index contributed by atoms with van der Waals surface area (Å²) in [6.07, 6.45) is 5.59. The molecule has 6 heteroatoms. The van der Waals surface area contributed by atoms with E-state index in [2.05, 4.69) is 20.2 Å². The minimum absolute atomic E-state index is 0.127. The fraction of sp³-hybridized carbons (Fsp3) is 0.474. The van der Waals surface area contributed by atoms with Crippen molar-refractivity contribution >= 4 is 11.7 Å². The summed E-state index contributed by atoms with van der Waals surface area (Å²) in [5.74, 6) is 1.93. The molecule has 25 heavy (non-hydrogen) atoms. The maximum absolute atomic E-state index is 12.2. The first-order valence-electron chi connectivity index (χ1n) is 8.88. The molecule has 2 amide bonds. The highest BCUT2D eigenvalue weighted by molar-refractivity contribution is 5.90. The molecule has 0 aliphatic carbocycles. The van der Waals surface area contributed by atoms with E-state index in [0.717, 1.165) is 41.5 Å². The Morgan fingerprint density at radius 1 is 1.36 bits per heavy atom. The molecule has 1 aromatic carbocycles. The first-order valence-corrected chi connectivity index (χ1v) is 8.88. The van der Waals surface area contributed by atoms with Crippen LogP contribution in [0.2, 0.25) is 0 Å². The van der Waals surface area contributed by atoms with Crippen LogP contribution in [-0.2, 0) is 19.5 Å².